The molecule has 3 rings (SSSR count). The Bertz CT molecular complexity index is 482. The van der Waals surface area contributed by atoms with Crippen LogP contribution in [-0.2, 0) is 0 Å². The molecule has 1 aromatic heterocycles. The minimum absolute atomic E-state index is 0.858. The Balaban J connectivity index is 1.56. The maximum Gasteiger partial charge on any atom is 0.121 e. The third-order valence-electron chi connectivity index (χ3n) is 3.80. The fourth-order valence-electron chi connectivity index (χ4n) is 2.76. The Labute approximate surface area is 102 Å². The molecule has 1 aliphatic carbocycles. The van der Waals surface area contributed by atoms with Crippen LogP contribution < -0.4 is 4.74 Å². The van der Waals surface area contributed by atoms with E-state index in [0.29, 0.717) is 0 Å². The van der Waals surface area contributed by atoms with E-state index < -0.39 is 0 Å². The third kappa shape index (κ3) is 2.46. The van der Waals surface area contributed by atoms with Gasteiger partial charge in [0.15, 0.2) is 0 Å². The van der Waals surface area contributed by atoms with Gasteiger partial charge >= 0.3 is 0 Å². The zero-order chi connectivity index (χ0) is 11.5. The summed E-state index contributed by atoms with van der Waals surface area (Å²) < 4.78 is 5.83. The number of fused-ring (bicyclic) bond motifs is 1. The largest absolute Gasteiger partial charge is 0.494 e. The second-order valence-corrected chi connectivity index (χ2v) is 5.01. The summed E-state index contributed by atoms with van der Waals surface area (Å²) in [6.45, 7) is 0.858. The molecule has 2 aromatic rings. The number of hydrogen-bond acceptors (Lipinski definition) is 1. The van der Waals surface area contributed by atoms with Crippen molar-refractivity contribution in [2.75, 3.05) is 6.61 Å². The highest BCUT2D eigenvalue weighted by Crippen LogP contribution is 2.28. The number of nitrogens with one attached hydrogen (secondary N) is 1. The summed E-state index contributed by atoms with van der Waals surface area (Å²) in [5.41, 5.74) is 1.16. The van der Waals surface area contributed by atoms with Crippen molar-refractivity contribution in [1.82, 2.24) is 4.98 Å². The summed E-state index contributed by atoms with van der Waals surface area (Å²) in [7, 11) is 0. The number of aromatic nitrogens is 1. The molecule has 1 N–H and O–H groups in total. The van der Waals surface area contributed by atoms with E-state index in [1.54, 1.807) is 0 Å². The second-order valence-electron chi connectivity index (χ2n) is 5.01. The standard InChI is InChI=1S/C15H19NO/c1-2-4-12(3-1)8-10-17-14-6-5-13-7-9-16-15(13)11-14/h5-7,9,11-12,16H,1-4,8,10H2. The number of H-pyrrole nitrogens is 1. The number of hydrogen-bond donors (Lipinski definition) is 1. The van der Waals surface area contributed by atoms with Crippen LogP contribution in [0.5, 0.6) is 5.75 Å². The van der Waals surface area contributed by atoms with E-state index >= 15 is 0 Å². The van der Waals surface area contributed by atoms with Gasteiger partial charge < -0.3 is 9.72 Å². The molecule has 0 bridgehead atoms. The van der Waals surface area contributed by atoms with Gasteiger partial charge in [-0.2, -0.15) is 0 Å². The summed E-state index contributed by atoms with van der Waals surface area (Å²) in [6, 6.07) is 8.34. The van der Waals surface area contributed by atoms with Crippen LogP contribution in [-0.4, -0.2) is 11.6 Å². The molecule has 1 aromatic carbocycles. The molecule has 0 aliphatic heterocycles. The van der Waals surface area contributed by atoms with Gasteiger partial charge in [-0.05, 0) is 35.9 Å². The van der Waals surface area contributed by atoms with Crippen molar-refractivity contribution < 1.29 is 4.74 Å². The van der Waals surface area contributed by atoms with Gasteiger partial charge in [0.2, 0.25) is 0 Å². The van der Waals surface area contributed by atoms with Crippen molar-refractivity contribution in [3.8, 4) is 5.75 Å². The summed E-state index contributed by atoms with van der Waals surface area (Å²) in [4.78, 5) is 3.21. The molecule has 2 nitrogen and oxygen atoms in total. The Kier molecular flexibility index (Phi) is 3.04. The lowest BCUT2D eigenvalue weighted by Gasteiger charge is -2.10. The van der Waals surface area contributed by atoms with Gasteiger partial charge in [-0.3, -0.25) is 0 Å². The van der Waals surface area contributed by atoms with E-state index in [-0.39, 0.29) is 0 Å². The van der Waals surface area contributed by atoms with Crippen molar-refractivity contribution in [3.63, 3.8) is 0 Å². The first-order valence-electron chi connectivity index (χ1n) is 6.62. The monoisotopic (exact) mass is 229 g/mol. The smallest absolute Gasteiger partial charge is 0.121 e. The first kappa shape index (κ1) is 10.7. The zero-order valence-corrected chi connectivity index (χ0v) is 10.1. The van der Waals surface area contributed by atoms with Gasteiger partial charge in [-0.25, -0.2) is 0 Å². The maximum atomic E-state index is 5.83. The van der Waals surface area contributed by atoms with Crippen molar-refractivity contribution in [3.05, 3.63) is 30.5 Å². The van der Waals surface area contributed by atoms with Crippen molar-refractivity contribution in [1.29, 1.82) is 0 Å². The Morgan fingerprint density at radius 2 is 2.06 bits per heavy atom. The molecule has 0 unspecified atom stereocenters. The van der Waals surface area contributed by atoms with Crippen molar-refractivity contribution in [2.45, 2.75) is 32.1 Å². The second kappa shape index (κ2) is 4.82. The number of ether oxygens (including phenoxy) is 1. The average molecular weight is 229 g/mol. The third-order valence-corrected chi connectivity index (χ3v) is 3.80. The van der Waals surface area contributed by atoms with Crippen LogP contribution in [0.25, 0.3) is 10.9 Å². The topological polar surface area (TPSA) is 25.0 Å². The van der Waals surface area contributed by atoms with Gasteiger partial charge in [0.05, 0.1) is 6.61 Å². The van der Waals surface area contributed by atoms with E-state index in [0.717, 1.165) is 23.8 Å². The predicted octanol–water partition coefficient (Wildman–Crippen LogP) is 4.13. The van der Waals surface area contributed by atoms with Gasteiger partial charge in [0.1, 0.15) is 5.75 Å². The van der Waals surface area contributed by atoms with E-state index in [2.05, 4.69) is 29.2 Å². The molecule has 0 saturated heterocycles. The van der Waals surface area contributed by atoms with Crippen LogP contribution in [0, 0.1) is 5.92 Å². The highest BCUT2D eigenvalue weighted by Gasteiger charge is 2.14. The first-order chi connectivity index (χ1) is 8.42. The van der Waals surface area contributed by atoms with Crippen LogP contribution >= 0.6 is 0 Å². The van der Waals surface area contributed by atoms with Crippen molar-refractivity contribution >= 4 is 10.9 Å². The minimum atomic E-state index is 0.858. The highest BCUT2D eigenvalue weighted by molar-refractivity contribution is 5.80. The van der Waals surface area contributed by atoms with Gasteiger partial charge in [0.25, 0.3) is 0 Å². The number of benzene rings is 1. The lowest BCUT2D eigenvalue weighted by atomic mass is 10.1. The molecule has 0 amide bonds. The molecule has 0 radical (unpaired) electrons. The molecule has 1 aliphatic rings. The number of rotatable bonds is 4. The fraction of sp³-hybridized carbons (Fsp3) is 0.467. The van der Waals surface area contributed by atoms with Gasteiger partial charge in [-0.15, -0.1) is 0 Å². The molecule has 1 fully saturated rings. The Morgan fingerprint density at radius 1 is 1.18 bits per heavy atom. The summed E-state index contributed by atoms with van der Waals surface area (Å²) in [5, 5.41) is 1.24. The molecule has 0 atom stereocenters. The molecular weight excluding hydrogens is 210 g/mol. The molecule has 1 heterocycles. The predicted molar refractivity (Wildman–Crippen MR) is 70.4 cm³/mol. The van der Waals surface area contributed by atoms with Crippen LogP contribution in [0.2, 0.25) is 0 Å². The van der Waals surface area contributed by atoms with Crippen LogP contribution in [0.4, 0.5) is 0 Å². The van der Waals surface area contributed by atoms with Crippen LogP contribution in [0.1, 0.15) is 32.1 Å². The molecule has 90 valence electrons. The van der Waals surface area contributed by atoms with Gasteiger partial charge in [-0.1, -0.05) is 25.7 Å². The SMILES string of the molecule is c1cc2ccc(OCCC3CCCC3)cc2[nH]1. The molecule has 2 heteroatoms. The maximum absolute atomic E-state index is 5.83. The molecule has 17 heavy (non-hydrogen) atoms. The first-order valence-corrected chi connectivity index (χ1v) is 6.62. The Morgan fingerprint density at radius 3 is 2.94 bits per heavy atom. The zero-order valence-electron chi connectivity index (χ0n) is 10.1. The van der Waals surface area contributed by atoms with Crippen LogP contribution in [0.15, 0.2) is 30.5 Å². The molecule has 1 saturated carbocycles. The molecular formula is C15H19NO. The lowest BCUT2D eigenvalue weighted by Crippen LogP contribution is -2.03. The van der Waals surface area contributed by atoms with Crippen LogP contribution in [0.3, 0.4) is 0 Å². The Hall–Kier alpha value is -1.44. The highest BCUT2D eigenvalue weighted by atomic mass is 16.5. The molecule has 0 spiro atoms. The summed E-state index contributed by atoms with van der Waals surface area (Å²) >= 11 is 0. The lowest BCUT2D eigenvalue weighted by molar-refractivity contribution is 0.279. The van der Waals surface area contributed by atoms with E-state index in [9.17, 15) is 0 Å². The van der Waals surface area contributed by atoms with E-state index in [1.165, 1.54) is 37.5 Å². The summed E-state index contributed by atoms with van der Waals surface area (Å²) in [6.07, 6.45) is 8.81. The minimum Gasteiger partial charge on any atom is -0.494 e. The quantitative estimate of drug-likeness (QED) is 0.837. The fourth-order valence-corrected chi connectivity index (χ4v) is 2.76. The number of aromatic amines is 1. The van der Waals surface area contributed by atoms with Crippen molar-refractivity contribution in [2.24, 2.45) is 5.92 Å². The van der Waals surface area contributed by atoms with E-state index in [1.807, 2.05) is 6.20 Å². The average Bonchev–Trinajstić information content (AvgIpc) is 2.98. The van der Waals surface area contributed by atoms with E-state index in [4.69, 9.17) is 4.74 Å². The van der Waals surface area contributed by atoms with Gasteiger partial charge in [0, 0.05) is 17.8 Å². The summed E-state index contributed by atoms with van der Waals surface area (Å²) in [5.74, 6) is 1.89. The normalized spacial score (nSPS) is 16.7.